The number of likely N-dealkylation sites (N-methyl/N-ethyl adjacent to an activating group) is 1. The first-order chi connectivity index (χ1) is 11.5. The first kappa shape index (κ1) is 16.5. The van der Waals surface area contributed by atoms with Gasteiger partial charge in [0.05, 0.1) is 13.2 Å². The van der Waals surface area contributed by atoms with E-state index in [1.165, 1.54) is 4.90 Å². The minimum absolute atomic E-state index is 0.240. The van der Waals surface area contributed by atoms with E-state index in [0.717, 1.165) is 24.2 Å². The molecule has 1 aliphatic rings. The normalized spacial score (nSPS) is 15.2. The van der Waals surface area contributed by atoms with E-state index in [0.29, 0.717) is 24.1 Å². The number of hydrogen-bond acceptors (Lipinski definition) is 5. The second-order valence-electron chi connectivity index (χ2n) is 6.24. The molecular weight excluding hydrogens is 308 g/mol. The van der Waals surface area contributed by atoms with E-state index in [4.69, 9.17) is 9.15 Å². The van der Waals surface area contributed by atoms with E-state index in [1.807, 2.05) is 24.3 Å². The van der Waals surface area contributed by atoms with Crippen LogP contribution in [-0.4, -0.2) is 47.7 Å². The van der Waals surface area contributed by atoms with Crippen molar-refractivity contribution in [3.05, 3.63) is 35.7 Å². The molecule has 3 rings (SSSR count). The molecule has 1 aromatic carbocycles. The van der Waals surface area contributed by atoms with Gasteiger partial charge >= 0.3 is 0 Å². The lowest BCUT2D eigenvalue weighted by Gasteiger charge is -2.19. The molecule has 1 N–H and O–H groups in total. The third kappa shape index (κ3) is 3.43. The van der Waals surface area contributed by atoms with Crippen molar-refractivity contribution >= 4 is 5.91 Å². The lowest BCUT2D eigenvalue weighted by molar-refractivity contribution is 0.0639. The summed E-state index contributed by atoms with van der Waals surface area (Å²) in [6.07, 6.45) is 1.61. The summed E-state index contributed by atoms with van der Waals surface area (Å²) < 4.78 is 10.8. The number of ether oxygens (including phenoxy) is 1. The number of methoxy groups -OCH3 is 1. The van der Waals surface area contributed by atoms with Gasteiger partial charge in [-0.1, -0.05) is 0 Å². The van der Waals surface area contributed by atoms with Crippen molar-refractivity contribution in [3.8, 4) is 17.2 Å². The number of carbonyl (C=O) groups is 1. The molecule has 0 aliphatic heterocycles. The van der Waals surface area contributed by atoms with E-state index in [2.05, 4.69) is 4.98 Å². The molecule has 0 saturated heterocycles. The van der Waals surface area contributed by atoms with Gasteiger partial charge in [0.15, 0.2) is 5.69 Å². The number of carbonyl (C=O) groups excluding carboxylic acids is 1. The van der Waals surface area contributed by atoms with Crippen LogP contribution in [0.15, 0.2) is 28.7 Å². The Morgan fingerprint density at radius 3 is 2.67 bits per heavy atom. The smallest absolute Gasteiger partial charge is 0.275 e. The molecule has 1 atom stereocenters. The lowest BCUT2D eigenvalue weighted by Crippen LogP contribution is -2.35. The highest BCUT2D eigenvalue weighted by Crippen LogP contribution is 2.33. The zero-order valence-electron chi connectivity index (χ0n) is 14.2. The van der Waals surface area contributed by atoms with Crippen molar-refractivity contribution in [2.75, 3.05) is 20.7 Å². The van der Waals surface area contributed by atoms with E-state index in [1.54, 1.807) is 21.1 Å². The predicted molar refractivity (Wildman–Crippen MR) is 88.9 cm³/mol. The molecule has 24 heavy (non-hydrogen) atoms. The fourth-order valence-corrected chi connectivity index (χ4v) is 2.63. The summed E-state index contributed by atoms with van der Waals surface area (Å²) in [5, 5.41) is 10.0. The summed E-state index contributed by atoms with van der Waals surface area (Å²) in [5.41, 5.74) is 1.06. The number of aliphatic hydroxyl groups excluding tert-OH is 1. The second-order valence-corrected chi connectivity index (χ2v) is 6.24. The van der Waals surface area contributed by atoms with Crippen LogP contribution in [0.5, 0.6) is 5.75 Å². The van der Waals surface area contributed by atoms with Gasteiger partial charge in [0.25, 0.3) is 5.91 Å². The van der Waals surface area contributed by atoms with Crippen LogP contribution in [0.2, 0.25) is 0 Å². The zero-order chi connectivity index (χ0) is 17.3. The quantitative estimate of drug-likeness (QED) is 0.881. The minimum Gasteiger partial charge on any atom is -0.497 e. The highest BCUT2D eigenvalue weighted by atomic mass is 16.5. The van der Waals surface area contributed by atoms with E-state index < -0.39 is 6.10 Å². The molecule has 0 bridgehead atoms. The summed E-state index contributed by atoms with van der Waals surface area (Å²) in [6.45, 7) is 2.03. The van der Waals surface area contributed by atoms with Crippen LogP contribution in [0, 0.1) is 12.8 Å². The van der Waals surface area contributed by atoms with E-state index in [9.17, 15) is 9.90 Å². The Bertz CT molecular complexity index is 719. The van der Waals surface area contributed by atoms with Crippen LogP contribution >= 0.6 is 0 Å². The summed E-state index contributed by atoms with van der Waals surface area (Å²) in [5.74, 6) is 1.70. The van der Waals surface area contributed by atoms with Gasteiger partial charge in [0.1, 0.15) is 11.5 Å². The molecule has 1 aliphatic carbocycles. The topological polar surface area (TPSA) is 75.8 Å². The van der Waals surface area contributed by atoms with Crippen molar-refractivity contribution in [3.63, 3.8) is 0 Å². The fraction of sp³-hybridized carbons (Fsp3) is 0.444. The van der Waals surface area contributed by atoms with Gasteiger partial charge in [-0.15, -0.1) is 0 Å². The monoisotopic (exact) mass is 330 g/mol. The summed E-state index contributed by atoms with van der Waals surface area (Å²) in [4.78, 5) is 18.4. The minimum atomic E-state index is -0.466. The van der Waals surface area contributed by atoms with Gasteiger partial charge in [0, 0.05) is 19.2 Å². The summed E-state index contributed by atoms with van der Waals surface area (Å²) >= 11 is 0. The van der Waals surface area contributed by atoms with Gasteiger partial charge in [-0.2, -0.15) is 0 Å². The average molecular weight is 330 g/mol. The van der Waals surface area contributed by atoms with Gasteiger partial charge < -0.3 is 19.2 Å². The molecule has 0 spiro atoms. The van der Waals surface area contributed by atoms with Crippen LogP contribution in [-0.2, 0) is 0 Å². The molecule has 0 radical (unpaired) electrons. The summed E-state index contributed by atoms with van der Waals surface area (Å²) in [6, 6.07) is 7.29. The zero-order valence-corrected chi connectivity index (χ0v) is 14.2. The highest BCUT2D eigenvalue weighted by molar-refractivity contribution is 5.93. The van der Waals surface area contributed by atoms with Gasteiger partial charge in [-0.3, -0.25) is 4.79 Å². The largest absolute Gasteiger partial charge is 0.497 e. The molecule has 1 aromatic heterocycles. The number of benzene rings is 1. The number of aromatic nitrogens is 1. The van der Waals surface area contributed by atoms with Crippen molar-refractivity contribution in [1.29, 1.82) is 0 Å². The Labute approximate surface area is 141 Å². The van der Waals surface area contributed by atoms with Crippen LogP contribution in [0.3, 0.4) is 0 Å². The molecule has 6 nitrogen and oxygen atoms in total. The Balaban J connectivity index is 1.75. The molecule has 2 aromatic rings. The van der Waals surface area contributed by atoms with Crippen LogP contribution in [0.1, 0.15) is 29.1 Å². The van der Waals surface area contributed by atoms with Crippen molar-refractivity contribution in [2.45, 2.75) is 25.9 Å². The molecule has 6 heteroatoms. The molecule has 1 unspecified atom stereocenters. The SMILES string of the molecule is COc1ccc(-c2nc(C(=O)N(C)CC(O)C3CC3)c(C)o2)cc1. The molecule has 1 fully saturated rings. The number of oxazole rings is 1. The number of aryl methyl sites for hydroxylation is 1. The summed E-state index contributed by atoms with van der Waals surface area (Å²) in [7, 11) is 3.28. The first-order valence-electron chi connectivity index (χ1n) is 8.05. The third-order valence-corrected chi connectivity index (χ3v) is 4.31. The molecule has 1 saturated carbocycles. The standard InChI is InChI=1S/C18H22N2O4/c1-11-16(18(22)20(2)10-15(21)12-4-5-12)19-17(24-11)13-6-8-14(23-3)9-7-13/h6-9,12,15,21H,4-5,10H2,1-3H3. The van der Waals surface area contributed by atoms with Crippen molar-refractivity contribution in [2.24, 2.45) is 5.92 Å². The van der Waals surface area contributed by atoms with Gasteiger partial charge in [-0.25, -0.2) is 4.98 Å². The van der Waals surface area contributed by atoms with Gasteiger partial charge in [0.2, 0.25) is 5.89 Å². The lowest BCUT2D eigenvalue weighted by atomic mass is 10.2. The number of nitrogens with zero attached hydrogens (tertiary/aromatic N) is 2. The number of amides is 1. The second kappa shape index (κ2) is 6.65. The maximum atomic E-state index is 12.6. The first-order valence-corrected chi connectivity index (χ1v) is 8.05. The van der Waals surface area contributed by atoms with Crippen molar-refractivity contribution < 1.29 is 19.1 Å². The maximum absolute atomic E-state index is 12.6. The Hall–Kier alpha value is -2.34. The van der Waals surface area contributed by atoms with Gasteiger partial charge in [-0.05, 0) is 49.9 Å². The van der Waals surface area contributed by atoms with E-state index in [-0.39, 0.29) is 11.6 Å². The molecule has 128 valence electrons. The average Bonchev–Trinajstić information content (AvgIpc) is 3.37. The van der Waals surface area contributed by atoms with E-state index >= 15 is 0 Å². The van der Waals surface area contributed by atoms with Crippen molar-refractivity contribution in [1.82, 2.24) is 9.88 Å². The number of hydrogen-bond donors (Lipinski definition) is 1. The number of aliphatic hydroxyl groups is 1. The maximum Gasteiger partial charge on any atom is 0.275 e. The molecule has 1 heterocycles. The highest BCUT2D eigenvalue weighted by Gasteiger charge is 2.32. The fourth-order valence-electron chi connectivity index (χ4n) is 2.63. The Morgan fingerprint density at radius 1 is 1.42 bits per heavy atom. The predicted octanol–water partition coefficient (Wildman–Crippen LogP) is 2.50. The Kier molecular flexibility index (Phi) is 4.57. The Morgan fingerprint density at radius 2 is 2.08 bits per heavy atom. The van der Waals surface area contributed by atoms with Crippen LogP contribution < -0.4 is 4.74 Å². The molecule has 1 amide bonds. The van der Waals surface area contributed by atoms with Crippen LogP contribution in [0.4, 0.5) is 0 Å². The number of rotatable bonds is 6. The van der Waals surface area contributed by atoms with Crippen LogP contribution in [0.25, 0.3) is 11.5 Å². The third-order valence-electron chi connectivity index (χ3n) is 4.31. The molecular formula is C18H22N2O4.